The zero-order valence-electron chi connectivity index (χ0n) is 12.8. The number of alkyl halides is 1. The van der Waals surface area contributed by atoms with E-state index in [1.807, 2.05) is 42.5 Å². The highest BCUT2D eigenvalue weighted by Gasteiger charge is 2.07. The van der Waals surface area contributed by atoms with Crippen molar-refractivity contribution in [1.82, 2.24) is 9.78 Å². The Kier molecular flexibility index (Phi) is 5.28. The van der Waals surface area contributed by atoms with Crippen LogP contribution in [0.1, 0.15) is 6.42 Å². The average molecular weight is 363 g/mol. The van der Waals surface area contributed by atoms with Crippen LogP contribution < -0.4 is 10.3 Å². The minimum Gasteiger partial charge on any atom is -0.494 e. The fourth-order valence-corrected chi connectivity index (χ4v) is 2.63. The summed E-state index contributed by atoms with van der Waals surface area (Å²) in [6.45, 7) is 0.574. The summed E-state index contributed by atoms with van der Waals surface area (Å²) < 4.78 is 7.04. The minimum atomic E-state index is -0.138. The highest BCUT2D eigenvalue weighted by molar-refractivity contribution is 6.30. The number of hydrogen-bond acceptors (Lipinski definition) is 2. The Morgan fingerprint density at radius 2 is 1.88 bits per heavy atom. The maximum atomic E-state index is 12.2. The van der Waals surface area contributed by atoms with E-state index in [9.17, 15) is 4.79 Å². The maximum Gasteiger partial charge on any atom is 0.271 e. The van der Waals surface area contributed by atoms with E-state index in [2.05, 4.69) is 5.10 Å². The summed E-state index contributed by atoms with van der Waals surface area (Å²) in [6, 6.07) is 16.2. The number of nitrogens with zero attached hydrogens (tertiary/aromatic N) is 1. The SMILES string of the molecule is O=c1cc(-c2cccc(Cl)c2)[nH]n1-c1ccc(OCCCCl)cc1. The lowest BCUT2D eigenvalue weighted by Gasteiger charge is -2.07. The molecule has 0 bridgehead atoms. The van der Waals surface area contributed by atoms with E-state index in [1.54, 1.807) is 12.1 Å². The zero-order chi connectivity index (χ0) is 16.9. The number of ether oxygens (including phenoxy) is 1. The molecule has 0 saturated carbocycles. The summed E-state index contributed by atoms with van der Waals surface area (Å²) in [7, 11) is 0. The second-order valence-corrected chi connectivity index (χ2v) is 6.05. The van der Waals surface area contributed by atoms with Gasteiger partial charge in [0.1, 0.15) is 5.75 Å². The maximum absolute atomic E-state index is 12.2. The number of aromatic amines is 1. The lowest BCUT2D eigenvalue weighted by molar-refractivity contribution is 0.318. The van der Waals surface area contributed by atoms with Gasteiger partial charge in [-0.3, -0.25) is 9.89 Å². The summed E-state index contributed by atoms with van der Waals surface area (Å²) in [4.78, 5) is 12.2. The first-order chi connectivity index (χ1) is 11.7. The van der Waals surface area contributed by atoms with Gasteiger partial charge in [0.25, 0.3) is 5.56 Å². The molecular formula is C18H16Cl2N2O2. The van der Waals surface area contributed by atoms with Crippen LogP contribution in [0.2, 0.25) is 5.02 Å². The summed E-state index contributed by atoms with van der Waals surface area (Å²) in [5, 5.41) is 3.72. The molecule has 0 spiro atoms. The number of aromatic nitrogens is 2. The third-order valence-electron chi connectivity index (χ3n) is 3.50. The molecule has 0 fully saturated rings. The number of halogens is 2. The van der Waals surface area contributed by atoms with Gasteiger partial charge < -0.3 is 4.74 Å². The van der Waals surface area contributed by atoms with Crippen LogP contribution in [0.25, 0.3) is 16.9 Å². The Hall–Kier alpha value is -2.17. The smallest absolute Gasteiger partial charge is 0.271 e. The summed E-state index contributed by atoms with van der Waals surface area (Å²) >= 11 is 11.6. The van der Waals surface area contributed by atoms with Crippen molar-refractivity contribution < 1.29 is 4.74 Å². The molecule has 3 aromatic rings. The highest BCUT2D eigenvalue weighted by atomic mass is 35.5. The monoisotopic (exact) mass is 362 g/mol. The molecule has 1 heterocycles. The van der Waals surface area contributed by atoms with E-state index in [0.29, 0.717) is 23.2 Å². The minimum absolute atomic E-state index is 0.138. The van der Waals surface area contributed by atoms with E-state index in [1.165, 1.54) is 4.68 Å². The van der Waals surface area contributed by atoms with Crippen molar-refractivity contribution in [2.75, 3.05) is 12.5 Å². The van der Waals surface area contributed by atoms with Crippen LogP contribution in [0.5, 0.6) is 5.75 Å². The largest absolute Gasteiger partial charge is 0.494 e. The van der Waals surface area contributed by atoms with Crippen LogP contribution in [-0.4, -0.2) is 22.3 Å². The standard InChI is InChI=1S/C18H16Cl2N2O2/c19-9-2-10-24-16-7-5-15(6-8-16)22-18(23)12-17(21-22)13-3-1-4-14(20)11-13/h1,3-8,11-12,21H,2,9-10H2. The molecule has 0 aliphatic carbocycles. The number of rotatable bonds is 6. The van der Waals surface area contributed by atoms with Gasteiger partial charge in [-0.2, -0.15) is 0 Å². The first-order valence-electron chi connectivity index (χ1n) is 7.54. The zero-order valence-corrected chi connectivity index (χ0v) is 14.3. The van der Waals surface area contributed by atoms with E-state index >= 15 is 0 Å². The van der Waals surface area contributed by atoms with Gasteiger partial charge in [0.05, 0.1) is 18.0 Å². The molecule has 124 valence electrons. The average Bonchev–Trinajstić information content (AvgIpc) is 2.98. The Labute approximate surface area is 149 Å². The predicted molar refractivity (Wildman–Crippen MR) is 97.7 cm³/mol. The van der Waals surface area contributed by atoms with Crippen molar-refractivity contribution in [2.24, 2.45) is 0 Å². The fourth-order valence-electron chi connectivity index (χ4n) is 2.33. The van der Waals surface area contributed by atoms with Crippen molar-refractivity contribution in [3.8, 4) is 22.7 Å². The fraction of sp³-hybridized carbons (Fsp3) is 0.167. The van der Waals surface area contributed by atoms with Gasteiger partial charge in [-0.25, -0.2) is 4.68 Å². The third kappa shape index (κ3) is 3.83. The molecule has 0 amide bonds. The molecule has 0 saturated heterocycles. The van der Waals surface area contributed by atoms with Gasteiger partial charge in [0.2, 0.25) is 0 Å². The molecule has 0 unspecified atom stereocenters. The Bertz CT molecular complexity index is 869. The van der Waals surface area contributed by atoms with Crippen LogP contribution in [0.15, 0.2) is 59.4 Å². The van der Waals surface area contributed by atoms with Gasteiger partial charge in [-0.1, -0.05) is 23.7 Å². The Morgan fingerprint density at radius 3 is 2.58 bits per heavy atom. The van der Waals surface area contributed by atoms with Gasteiger partial charge in [0, 0.05) is 22.5 Å². The van der Waals surface area contributed by atoms with Crippen molar-refractivity contribution in [2.45, 2.75) is 6.42 Å². The van der Waals surface area contributed by atoms with Crippen LogP contribution in [0.3, 0.4) is 0 Å². The predicted octanol–water partition coefficient (Wildman–Crippen LogP) is 4.49. The quantitative estimate of drug-likeness (QED) is 0.518. The van der Waals surface area contributed by atoms with Crippen LogP contribution in [0, 0.1) is 0 Å². The summed E-state index contributed by atoms with van der Waals surface area (Å²) in [5.41, 5.74) is 2.17. The van der Waals surface area contributed by atoms with Crippen molar-refractivity contribution in [3.63, 3.8) is 0 Å². The molecule has 6 heteroatoms. The highest BCUT2D eigenvalue weighted by Crippen LogP contribution is 2.21. The van der Waals surface area contributed by atoms with Crippen LogP contribution in [0.4, 0.5) is 0 Å². The molecule has 24 heavy (non-hydrogen) atoms. The first-order valence-corrected chi connectivity index (χ1v) is 8.46. The van der Waals surface area contributed by atoms with Crippen LogP contribution in [-0.2, 0) is 0 Å². The Balaban J connectivity index is 1.84. The molecule has 0 atom stereocenters. The number of hydrogen-bond donors (Lipinski definition) is 1. The van der Waals surface area contributed by atoms with Gasteiger partial charge in [-0.05, 0) is 42.8 Å². The van der Waals surface area contributed by atoms with Crippen LogP contribution >= 0.6 is 23.2 Å². The number of H-pyrrole nitrogens is 1. The first kappa shape index (κ1) is 16.7. The van der Waals surface area contributed by atoms with E-state index < -0.39 is 0 Å². The molecule has 2 aromatic carbocycles. The van der Waals surface area contributed by atoms with E-state index in [0.717, 1.165) is 23.4 Å². The molecule has 0 radical (unpaired) electrons. The van der Waals surface area contributed by atoms with Gasteiger partial charge in [-0.15, -0.1) is 11.6 Å². The summed E-state index contributed by atoms with van der Waals surface area (Å²) in [6.07, 6.45) is 0.794. The second kappa shape index (κ2) is 7.60. The summed E-state index contributed by atoms with van der Waals surface area (Å²) in [5.74, 6) is 1.32. The second-order valence-electron chi connectivity index (χ2n) is 5.24. The molecular weight excluding hydrogens is 347 g/mol. The Morgan fingerprint density at radius 1 is 1.08 bits per heavy atom. The van der Waals surface area contributed by atoms with E-state index in [-0.39, 0.29) is 5.56 Å². The third-order valence-corrected chi connectivity index (χ3v) is 4.00. The topological polar surface area (TPSA) is 47.0 Å². The van der Waals surface area contributed by atoms with Crippen molar-refractivity contribution in [3.05, 3.63) is 70.0 Å². The lowest BCUT2D eigenvalue weighted by Crippen LogP contribution is -2.13. The molecule has 1 N–H and O–H groups in total. The lowest BCUT2D eigenvalue weighted by atomic mass is 10.2. The molecule has 0 aliphatic heterocycles. The molecule has 4 nitrogen and oxygen atoms in total. The van der Waals surface area contributed by atoms with Gasteiger partial charge in [0.15, 0.2) is 0 Å². The van der Waals surface area contributed by atoms with Crippen molar-refractivity contribution in [1.29, 1.82) is 0 Å². The number of nitrogens with one attached hydrogen (secondary N) is 1. The molecule has 1 aromatic heterocycles. The van der Waals surface area contributed by atoms with E-state index in [4.69, 9.17) is 27.9 Å². The normalized spacial score (nSPS) is 10.8. The molecule has 0 aliphatic rings. The van der Waals surface area contributed by atoms with Gasteiger partial charge >= 0.3 is 0 Å². The van der Waals surface area contributed by atoms with Crippen molar-refractivity contribution >= 4 is 23.2 Å². The number of benzene rings is 2. The molecule has 3 rings (SSSR count).